The first-order valence-electron chi connectivity index (χ1n) is 5.52. The number of thioether (sulfide) groups is 1. The minimum absolute atomic E-state index is 0.424. The first kappa shape index (κ1) is 13.1. The molecule has 1 atom stereocenters. The molecule has 0 amide bonds. The zero-order valence-electron chi connectivity index (χ0n) is 9.99. The molecular weight excluding hydrogens is 220 g/mol. The van der Waals surface area contributed by atoms with Gasteiger partial charge in [0, 0.05) is 10.6 Å². The summed E-state index contributed by atoms with van der Waals surface area (Å²) in [5, 5.41) is 9.10. The number of aromatic carboxylic acids is 1. The van der Waals surface area contributed by atoms with Gasteiger partial charge in [0.05, 0.1) is 5.56 Å². The molecule has 0 aromatic heterocycles. The fourth-order valence-electron chi connectivity index (χ4n) is 1.36. The number of rotatable bonds is 5. The van der Waals surface area contributed by atoms with Crippen LogP contribution < -0.4 is 0 Å². The van der Waals surface area contributed by atoms with E-state index in [1.165, 1.54) is 0 Å². The minimum atomic E-state index is -0.838. The highest BCUT2D eigenvalue weighted by Gasteiger charge is 2.13. The first-order chi connectivity index (χ1) is 7.56. The van der Waals surface area contributed by atoms with Gasteiger partial charge in [0.2, 0.25) is 0 Å². The molecule has 0 radical (unpaired) electrons. The Bertz CT molecular complexity index is 374. The maximum atomic E-state index is 11.1. The monoisotopic (exact) mass is 238 g/mol. The summed E-state index contributed by atoms with van der Waals surface area (Å²) >= 11 is 1.65. The van der Waals surface area contributed by atoms with Crippen molar-refractivity contribution in [3.63, 3.8) is 0 Å². The molecule has 0 aliphatic heterocycles. The van der Waals surface area contributed by atoms with Crippen molar-refractivity contribution >= 4 is 17.7 Å². The Morgan fingerprint density at radius 3 is 2.75 bits per heavy atom. The van der Waals surface area contributed by atoms with Crippen LogP contribution in [0.4, 0.5) is 0 Å². The van der Waals surface area contributed by atoms with Crippen molar-refractivity contribution < 1.29 is 9.90 Å². The molecule has 1 N–H and O–H groups in total. The van der Waals surface area contributed by atoms with Crippen LogP contribution in [0.1, 0.15) is 36.2 Å². The Kier molecular flexibility index (Phi) is 4.87. The van der Waals surface area contributed by atoms with E-state index in [2.05, 4.69) is 13.8 Å². The lowest BCUT2D eigenvalue weighted by Gasteiger charge is -2.12. The van der Waals surface area contributed by atoms with Crippen molar-refractivity contribution in [3.05, 3.63) is 29.3 Å². The third-order valence-corrected chi connectivity index (χ3v) is 4.22. The van der Waals surface area contributed by atoms with Gasteiger partial charge in [0.1, 0.15) is 0 Å². The molecule has 0 heterocycles. The molecule has 1 aromatic carbocycles. The van der Waals surface area contributed by atoms with Crippen LogP contribution in [0.25, 0.3) is 0 Å². The highest BCUT2D eigenvalue weighted by Crippen LogP contribution is 2.28. The Morgan fingerprint density at radius 2 is 2.19 bits per heavy atom. The quantitative estimate of drug-likeness (QED) is 0.792. The predicted molar refractivity (Wildman–Crippen MR) is 68.3 cm³/mol. The van der Waals surface area contributed by atoms with Gasteiger partial charge in [-0.3, -0.25) is 0 Å². The van der Waals surface area contributed by atoms with Gasteiger partial charge in [-0.1, -0.05) is 32.4 Å². The zero-order chi connectivity index (χ0) is 12.1. The maximum Gasteiger partial charge on any atom is 0.336 e. The smallest absolute Gasteiger partial charge is 0.336 e. The largest absolute Gasteiger partial charge is 0.478 e. The van der Waals surface area contributed by atoms with Crippen LogP contribution in [-0.2, 0) is 0 Å². The van der Waals surface area contributed by atoms with Gasteiger partial charge in [0.15, 0.2) is 0 Å². The van der Waals surface area contributed by atoms with Gasteiger partial charge in [-0.15, -0.1) is 11.8 Å². The molecule has 1 aromatic rings. The van der Waals surface area contributed by atoms with Gasteiger partial charge < -0.3 is 5.11 Å². The lowest BCUT2D eigenvalue weighted by Crippen LogP contribution is -2.02. The second-order valence-corrected chi connectivity index (χ2v) is 5.11. The molecule has 0 aliphatic carbocycles. The van der Waals surface area contributed by atoms with E-state index in [1.807, 2.05) is 13.0 Å². The van der Waals surface area contributed by atoms with E-state index in [9.17, 15) is 4.79 Å². The van der Waals surface area contributed by atoms with E-state index < -0.39 is 5.97 Å². The molecule has 1 rings (SSSR count). The maximum absolute atomic E-state index is 11.1. The number of benzene rings is 1. The summed E-state index contributed by atoms with van der Waals surface area (Å²) in [5.74, 6) is 0.753. The average molecular weight is 238 g/mol. The van der Waals surface area contributed by atoms with Crippen molar-refractivity contribution in [2.24, 2.45) is 5.92 Å². The lowest BCUT2D eigenvalue weighted by molar-refractivity contribution is 0.0693. The van der Waals surface area contributed by atoms with E-state index in [0.717, 1.165) is 22.6 Å². The molecule has 0 saturated carbocycles. The van der Waals surface area contributed by atoms with Crippen LogP contribution in [0.3, 0.4) is 0 Å². The number of carboxylic acids is 1. The molecule has 0 aliphatic rings. The van der Waals surface area contributed by atoms with Crippen LogP contribution in [0, 0.1) is 12.8 Å². The van der Waals surface area contributed by atoms with E-state index in [1.54, 1.807) is 23.9 Å². The van der Waals surface area contributed by atoms with Gasteiger partial charge in [-0.05, 0) is 24.5 Å². The first-order valence-corrected chi connectivity index (χ1v) is 6.50. The highest BCUT2D eigenvalue weighted by atomic mass is 32.2. The molecule has 1 unspecified atom stereocenters. The summed E-state index contributed by atoms with van der Waals surface area (Å²) in [7, 11) is 0. The minimum Gasteiger partial charge on any atom is -0.478 e. The molecule has 2 nitrogen and oxygen atoms in total. The van der Waals surface area contributed by atoms with Crippen molar-refractivity contribution in [3.8, 4) is 0 Å². The van der Waals surface area contributed by atoms with Crippen molar-refractivity contribution in [1.82, 2.24) is 0 Å². The number of carboxylic acid groups (broad SMARTS) is 1. The van der Waals surface area contributed by atoms with Crippen LogP contribution in [-0.4, -0.2) is 16.8 Å². The summed E-state index contributed by atoms with van der Waals surface area (Å²) in [6, 6.07) is 5.44. The van der Waals surface area contributed by atoms with E-state index >= 15 is 0 Å². The van der Waals surface area contributed by atoms with Crippen LogP contribution in [0.15, 0.2) is 23.1 Å². The molecule has 3 heteroatoms. The normalized spacial score (nSPS) is 12.4. The number of hydrogen-bond donors (Lipinski definition) is 1. The van der Waals surface area contributed by atoms with Gasteiger partial charge in [0.25, 0.3) is 0 Å². The standard InChI is InChI=1S/C13H18O2S/c1-4-9(2)8-16-12-10(3)6-5-7-11(12)13(14)15/h5-7,9H,4,8H2,1-3H3,(H,14,15). The summed E-state index contributed by atoms with van der Waals surface area (Å²) in [5.41, 5.74) is 1.47. The van der Waals surface area contributed by atoms with Gasteiger partial charge >= 0.3 is 5.97 Å². The Morgan fingerprint density at radius 1 is 1.50 bits per heavy atom. The van der Waals surface area contributed by atoms with Crippen molar-refractivity contribution in [2.75, 3.05) is 5.75 Å². The summed E-state index contributed by atoms with van der Waals surface area (Å²) in [6.45, 7) is 6.30. The molecule has 0 saturated heterocycles. The van der Waals surface area contributed by atoms with Crippen molar-refractivity contribution in [2.45, 2.75) is 32.1 Å². The number of aryl methyl sites for hydroxylation is 1. The second kappa shape index (κ2) is 5.94. The fraction of sp³-hybridized carbons (Fsp3) is 0.462. The van der Waals surface area contributed by atoms with E-state index in [0.29, 0.717) is 11.5 Å². The average Bonchev–Trinajstić information content (AvgIpc) is 2.26. The number of hydrogen-bond acceptors (Lipinski definition) is 2. The summed E-state index contributed by atoms with van der Waals surface area (Å²) in [4.78, 5) is 12.0. The van der Waals surface area contributed by atoms with E-state index in [-0.39, 0.29) is 0 Å². The van der Waals surface area contributed by atoms with Crippen LogP contribution in [0.5, 0.6) is 0 Å². The molecule has 0 fully saturated rings. The molecule has 0 spiro atoms. The Hall–Kier alpha value is -0.960. The van der Waals surface area contributed by atoms with E-state index in [4.69, 9.17) is 5.11 Å². The third-order valence-electron chi connectivity index (χ3n) is 2.65. The molecular formula is C13H18O2S. The molecule has 0 bridgehead atoms. The van der Waals surface area contributed by atoms with Gasteiger partial charge in [-0.2, -0.15) is 0 Å². The zero-order valence-corrected chi connectivity index (χ0v) is 10.8. The predicted octanol–water partition coefficient (Wildman–Crippen LogP) is 3.83. The van der Waals surface area contributed by atoms with Crippen molar-refractivity contribution in [1.29, 1.82) is 0 Å². The highest BCUT2D eigenvalue weighted by molar-refractivity contribution is 7.99. The lowest BCUT2D eigenvalue weighted by atomic mass is 10.1. The molecule has 16 heavy (non-hydrogen) atoms. The molecule has 88 valence electrons. The Balaban J connectivity index is 2.88. The SMILES string of the molecule is CCC(C)CSc1c(C)cccc1C(=O)O. The Labute approximate surface area is 101 Å². The van der Waals surface area contributed by atoms with Gasteiger partial charge in [-0.25, -0.2) is 4.79 Å². The summed E-state index contributed by atoms with van der Waals surface area (Å²) in [6.07, 6.45) is 1.13. The second-order valence-electron chi connectivity index (χ2n) is 4.08. The van der Waals surface area contributed by atoms with Crippen LogP contribution in [0.2, 0.25) is 0 Å². The summed E-state index contributed by atoms with van der Waals surface area (Å²) < 4.78 is 0. The topological polar surface area (TPSA) is 37.3 Å². The van der Waals surface area contributed by atoms with Crippen LogP contribution >= 0.6 is 11.8 Å². The third kappa shape index (κ3) is 3.27. The fourth-order valence-corrected chi connectivity index (χ4v) is 2.65. The number of carbonyl (C=O) groups is 1.